The zero-order valence-electron chi connectivity index (χ0n) is 11.7. The van der Waals surface area contributed by atoms with E-state index in [0.29, 0.717) is 5.76 Å². The van der Waals surface area contributed by atoms with Crippen LogP contribution in [0.4, 0.5) is 0 Å². The molecule has 0 unspecified atom stereocenters. The van der Waals surface area contributed by atoms with Crippen molar-refractivity contribution in [3.63, 3.8) is 0 Å². The molecule has 0 amide bonds. The lowest BCUT2D eigenvalue weighted by molar-refractivity contribution is -0.139. The number of hydrogen-bond acceptors (Lipinski definition) is 5. The average Bonchev–Trinajstić information content (AvgIpc) is 3.00. The monoisotopic (exact) mass is 364 g/mol. The highest BCUT2D eigenvalue weighted by Crippen LogP contribution is 2.12. The molecule has 0 saturated heterocycles. The Morgan fingerprint density at radius 1 is 1.18 bits per heavy atom. The predicted octanol–water partition coefficient (Wildman–Crippen LogP) is 3.59. The minimum Gasteiger partial charge on any atom is -0.463 e. The molecule has 0 aliphatic heterocycles. The van der Waals surface area contributed by atoms with Crippen LogP contribution in [0.3, 0.4) is 0 Å². The van der Waals surface area contributed by atoms with Gasteiger partial charge in [-0.3, -0.25) is 0 Å². The minimum atomic E-state index is -0.576. The van der Waals surface area contributed by atoms with Gasteiger partial charge in [-0.05, 0) is 35.9 Å². The first-order valence-corrected chi connectivity index (χ1v) is 7.15. The van der Waals surface area contributed by atoms with E-state index >= 15 is 0 Å². The highest BCUT2D eigenvalue weighted by molar-refractivity contribution is 9.10. The zero-order valence-corrected chi connectivity index (χ0v) is 13.3. The number of rotatable bonds is 5. The van der Waals surface area contributed by atoms with Crippen molar-refractivity contribution in [3.8, 4) is 0 Å². The number of carbonyl (C=O) groups is 2. The Hall–Kier alpha value is -2.34. The summed E-state index contributed by atoms with van der Waals surface area (Å²) in [5, 5.41) is 0. The molecule has 0 bridgehead atoms. The largest absolute Gasteiger partial charge is 0.463 e. The molecule has 6 heteroatoms. The summed E-state index contributed by atoms with van der Waals surface area (Å²) in [4.78, 5) is 22.8. The van der Waals surface area contributed by atoms with E-state index in [9.17, 15) is 9.59 Å². The summed E-state index contributed by atoms with van der Waals surface area (Å²) in [5.74, 6) is -0.642. The van der Waals surface area contributed by atoms with Gasteiger partial charge < -0.3 is 13.9 Å². The van der Waals surface area contributed by atoms with Crippen LogP contribution in [-0.4, -0.2) is 19.0 Å². The first-order chi connectivity index (χ1) is 10.6. The highest BCUT2D eigenvalue weighted by Gasteiger charge is 2.11. The van der Waals surface area contributed by atoms with E-state index in [2.05, 4.69) is 20.7 Å². The Kier molecular flexibility index (Phi) is 5.55. The molecular weight excluding hydrogens is 352 g/mol. The van der Waals surface area contributed by atoms with Crippen molar-refractivity contribution >= 4 is 33.9 Å². The Labute approximate surface area is 135 Å². The lowest BCUT2D eigenvalue weighted by Gasteiger charge is -1.99. The van der Waals surface area contributed by atoms with Gasteiger partial charge in [0.05, 0.1) is 7.11 Å². The fourth-order valence-corrected chi connectivity index (χ4v) is 1.86. The van der Waals surface area contributed by atoms with Gasteiger partial charge in [-0.25, -0.2) is 9.59 Å². The van der Waals surface area contributed by atoms with Crippen molar-refractivity contribution < 1.29 is 23.5 Å². The van der Waals surface area contributed by atoms with E-state index < -0.39 is 11.9 Å². The van der Waals surface area contributed by atoms with Crippen molar-refractivity contribution in [3.05, 3.63) is 64.0 Å². The van der Waals surface area contributed by atoms with Gasteiger partial charge in [0.25, 0.3) is 0 Å². The van der Waals surface area contributed by atoms with Crippen molar-refractivity contribution in [2.24, 2.45) is 0 Å². The molecule has 0 radical (unpaired) electrons. The lowest BCUT2D eigenvalue weighted by atomic mass is 10.2. The van der Waals surface area contributed by atoms with E-state index in [1.54, 1.807) is 12.1 Å². The van der Waals surface area contributed by atoms with E-state index in [1.165, 1.54) is 19.3 Å². The summed E-state index contributed by atoms with van der Waals surface area (Å²) >= 11 is 3.33. The molecule has 0 aliphatic rings. The van der Waals surface area contributed by atoms with E-state index in [1.807, 2.05) is 24.3 Å². The molecule has 5 nitrogen and oxygen atoms in total. The quantitative estimate of drug-likeness (QED) is 0.599. The third kappa shape index (κ3) is 4.60. The van der Waals surface area contributed by atoms with E-state index in [4.69, 9.17) is 9.15 Å². The molecule has 0 aliphatic carbocycles. The molecule has 0 spiro atoms. The average molecular weight is 365 g/mol. The third-order valence-corrected chi connectivity index (χ3v) is 3.22. The molecule has 1 aromatic heterocycles. The normalized spacial score (nSPS) is 10.6. The molecule has 22 heavy (non-hydrogen) atoms. The number of halogens is 1. The van der Waals surface area contributed by atoms with Gasteiger partial charge in [-0.1, -0.05) is 28.1 Å². The van der Waals surface area contributed by atoms with Crippen molar-refractivity contribution in [2.45, 2.75) is 6.61 Å². The summed E-state index contributed by atoms with van der Waals surface area (Å²) < 4.78 is 15.7. The SMILES string of the molecule is COC(=O)c1ccc(COC(=O)/C=C/c2ccc(Br)cc2)o1. The molecule has 0 atom stereocenters. The molecule has 1 aromatic carbocycles. The fraction of sp³-hybridized carbons (Fsp3) is 0.125. The van der Waals surface area contributed by atoms with E-state index in [0.717, 1.165) is 10.0 Å². The second-order valence-corrected chi connectivity index (χ2v) is 5.17. The Morgan fingerprint density at radius 3 is 2.59 bits per heavy atom. The van der Waals surface area contributed by atoms with Crippen molar-refractivity contribution in [1.82, 2.24) is 0 Å². The number of ether oxygens (including phenoxy) is 2. The number of benzene rings is 1. The van der Waals surface area contributed by atoms with Crippen LogP contribution in [-0.2, 0) is 20.9 Å². The van der Waals surface area contributed by atoms with Crippen LogP contribution >= 0.6 is 15.9 Å². The molecule has 2 rings (SSSR count). The minimum absolute atomic E-state index is 0.0551. The van der Waals surface area contributed by atoms with Crippen molar-refractivity contribution in [2.75, 3.05) is 7.11 Å². The summed E-state index contributed by atoms with van der Waals surface area (Å²) in [6.45, 7) is -0.0551. The van der Waals surface area contributed by atoms with Gasteiger partial charge >= 0.3 is 11.9 Å². The molecular formula is C16H13BrO5. The first-order valence-electron chi connectivity index (χ1n) is 6.36. The van der Waals surface area contributed by atoms with Crippen LogP contribution in [0.1, 0.15) is 21.9 Å². The summed E-state index contributed by atoms with van der Waals surface area (Å²) in [5.41, 5.74) is 0.881. The number of furan rings is 1. The summed E-state index contributed by atoms with van der Waals surface area (Å²) in [7, 11) is 1.26. The fourth-order valence-electron chi connectivity index (χ4n) is 1.59. The Morgan fingerprint density at radius 2 is 1.91 bits per heavy atom. The number of esters is 2. The topological polar surface area (TPSA) is 65.7 Å². The van der Waals surface area contributed by atoms with Crippen molar-refractivity contribution in [1.29, 1.82) is 0 Å². The number of methoxy groups -OCH3 is 1. The predicted molar refractivity (Wildman–Crippen MR) is 83.0 cm³/mol. The Balaban J connectivity index is 1.86. The molecule has 0 fully saturated rings. The second-order valence-electron chi connectivity index (χ2n) is 4.25. The van der Waals surface area contributed by atoms with Gasteiger partial charge in [-0.15, -0.1) is 0 Å². The molecule has 114 valence electrons. The van der Waals surface area contributed by atoms with Gasteiger partial charge in [0.15, 0.2) is 0 Å². The van der Waals surface area contributed by atoms with Crippen LogP contribution in [0.15, 0.2) is 51.4 Å². The van der Waals surface area contributed by atoms with Gasteiger partial charge in [0, 0.05) is 10.5 Å². The van der Waals surface area contributed by atoms with Crippen LogP contribution < -0.4 is 0 Å². The van der Waals surface area contributed by atoms with Crippen LogP contribution in [0.2, 0.25) is 0 Å². The smallest absolute Gasteiger partial charge is 0.373 e. The van der Waals surface area contributed by atoms with Gasteiger partial charge in [-0.2, -0.15) is 0 Å². The van der Waals surface area contributed by atoms with Crippen LogP contribution in [0.5, 0.6) is 0 Å². The van der Waals surface area contributed by atoms with Gasteiger partial charge in [0.1, 0.15) is 12.4 Å². The second kappa shape index (κ2) is 7.61. The maximum absolute atomic E-state index is 11.6. The Bertz CT molecular complexity index is 685. The molecule has 0 N–H and O–H groups in total. The van der Waals surface area contributed by atoms with Crippen LogP contribution in [0, 0.1) is 0 Å². The van der Waals surface area contributed by atoms with Gasteiger partial charge in [0.2, 0.25) is 5.76 Å². The molecule has 0 saturated carbocycles. The summed E-state index contributed by atoms with van der Waals surface area (Å²) in [6.07, 6.45) is 2.98. The lowest BCUT2D eigenvalue weighted by Crippen LogP contribution is -2.01. The number of hydrogen-bond donors (Lipinski definition) is 0. The molecule has 2 aromatic rings. The van der Waals surface area contributed by atoms with E-state index in [-0.39, 0.29) is 12.4 Å². The maximum atomic E-state index is 11.6. The standard InChI is InChI=1S/C16H13BrO5/c1-20-16(19)14-8-7-13(22-14)10-21-15(18)9-4-11-2-5-12(17)6-3-11/h2-9H,10H2,1H3/b9-4+. The maximum Gasteiger partial charge on any atom is 0.373 e. The van der Waals surface area contributed by atoms with Crippen LogP contribution in [0.25, 0.3) is 6.08 Å². The molecule has 1 heterocycles. The zero-order chi connectivity index (χ0) is 15.9. The third-order valence-electron chi connectivity index (χ3n) is 2.69. The highest BCUT2D eigenvalue weighted by atomic mass is 79.9. The summed E-state index contributed by atoms with van der Waals surface area (Å²) in [6, 6.07) is 10.5. The first kappa shape index (κ1) is 16.0. The number of carbonyl (C=O) groups excluding carboxylic acids is 2.